The summed E-state index contributed by atoms with van der Waals surface area (Å²) in [6, 6.07) is 5.88. The third-order valence-corrected chi connectivity index (χ3v) is 4.16. The molecule has 0 aliphatic rings. The highest BCUT2D eigenvalue weighted by Gasteiger charge is 2.05. The molecule has 0 radical (unpaired) electrons. The first-order valence-electron chi connectivity index (χ1n) is 6.96. The Morgan fingerprint density at radius 2 is 2.09 bits per heavy atom. The van der Waals surface area contributed by atoms with Crippen LogP contribution in [0.15, 0.2) is 29.4 Å². The quantitative estimate of drug-likeness (QED) is 0.434. The highest BCUT2D eigenvalue weighted by atomic mass is 127. The van der Waals surface area contributed by atoms with E-state index in [4.69, 9.17) is 0 Å². The largest absolute Gasteiger partial charge is 0.356 e. The van der Waals surface area contributed by atoms with Crippen LogP contribution in [0.25, 0.3) is 0 Å². The van der Waals surface area contributed by atoms with Gasteiger partial charge in [-0.05, 0) is 26.0 Å². The monoisotopic (exact) mass is 431 g/mol. The maximum Gasteiger partial charge on any atom is 0.191 e. The van der Waals surface area contributed by atoms with Crippen LogP contribution in [0.2, 0.25) is 0 Å². The molecule has 0 saturated carbocycles. The minimum absolute atomic E-state index is 0. The fourth-order valence-corrected chi connectivity index (χ4v) is 2.93. The molecular weight excluding hydrogens is 409 g/mol. The van der Waals surface area contributed by atoms with Crippen LogP contribution in [0, 0.1) is 13.8 Å². The number of nitrogens with one attached hydrogen (secondary N) is 2. The Morgan fingerprint density at radius 1 is 1.27 bits per heavy atom. The van der Waals surface area contributed by atoms with Crippen molar-refractivity contribution >= 4 is 41.3 Å². The van der Waals surface area contributed by atoms with Gasteiger partial charge in [0.05, 0.1) is 22.9 Å². The average molecular weight is 431 g/mol. The van der Waals surface area contributed by atoms with Gasteiger partial charge in [-0.25, -0.2) is 4.98 Å². The number of hydrogen-bond donors (Lipinski definition) is 2. The maximum absolute atomic E-state index is 4.44. The molecule has 2 N–H and O–H groups in total. The van der Waals surface area contributed by atoms with Crippen molar-refractivity contribution in [3.63, 3.8) is 0 Å². The van der Waals surface area contributed by atoms with Crippen molar-refractivity contribution in [2.75, 3.05) is 13.6 Å². The average Bonchev–Trinajstić information content (AvgIpc) is 2.81. The van der Waals surface area contributed by atoms with Crippen LogP contribution in [0.5, 0.6) is 0 Å². The molecule has 5 nitrogen and oxygen atoms in total. The van der Waals surface area contributed by atoms with E-state index in [1.54, 1.807) is 24.6 Å². The van der Waals surface area contributed by atoms with Crippen LogP contribution in [0.4, 0.5) is 0 Å². The van der Waals surface area contributed by atoms with Gasteiger partial charge in [-0.2, -0.15) is 0 Å². The van der Waals surface area contributed by atoms with Crippen LogP contribution < -0.4 is 10.6 Å². The predicted octanol–water partition coefficient (Wildman–Crippen LogP) is 2.68. The molecule has 0 atom stereocenters. The topological polar surface area (TPSA) is 62.2 Å². The highest BCUT2D eigenvalue weighted by molar-refractivity contribution is 14.0. The van der Waals surface area contributed by atoms with Crippen molar-refractivity contribution in [3.05, 3.63) is 45.7 Å². The van der Waals surface area contributed by atoms with Crippen LogP contribution in [-0.4, -0.2) is 29.5 Å². The number of aromatic nitrogens is 2. The van der Waals surface area contributed by atoms with Crippen molar-refractivity contribution in [2.24, 2.45) is 4.99 Å². The molecule has 2 heterocycles. The molecule has 0 aromatic carbocycles. The van der Waals surface area contributed by atoms with Crippen LogP contribution in [0.3, 0.4) is 0 Å². The van der Waals surface area contributed by atoms with Crippen molar-refractivity contribution < 1.29 is 0 Å². The minimum atomic E-state index is 0. The summed E-state index contributed by atoms with van der Waals surface area (Å²) < 4.78 is 0. The lowest BCUT2D eigenvalue weighted by atomic mass is 10.3. The highest BCUT2D eigenvalue weighted by Crippen LogP contribution is 2.16. The first-order chi connectivity index (χ1) is 10.2. The van der Waals surface area contributed by atoms with Gasteiger partial charge in [0.25, 0.3) is 0 Å². The Morgan fingerprint density at radius 3 is 2.68 bits per heavy atom. The summed E-state index contributed by atoms with van der Waals surface area (Å²) in [5.41, 5.74) is 2.13. The molecule has 2 aromatic heterocycles. The Kier molecular flexibility index (Phi) is 8.32. The van der Waals surface area contributed by atoms with Gasteiger partial charge in [0, 0.05) is 31.1 Å². The van der Waals surface area contributed by atoms with Crippen molar-refractivity contribution in [2.45, 2.75) is 26.8 Å². The smallest absolute Gasteiger partial charge is 0.191 e. The van der Waals surface area contributed by atoms with Crippen LogP contribution >= 0.6 is 35.3 Å². The lowest BCUT2D eigenvalue weighted by Crippen LogP contribution is -2.38. The molecular formula is C15H22IN5S. The number of aryl methyl sites for hydroxylation is 2. The minimum Gasteiger partial charge on any atom is -0.356 e. The molecule has 0 amide bonds. The first kappa shape index (κ1) is 18.8. The van der Waals surface area contributed by atoms with Crippen LogP contribution in [-0.2, 0) is 13.0 Å². The number of halogens is 1. The Hall–Kier alpha value is -1.22. The number of rotatable bonds is 5. The predicted molar refractivity (Wildman–Crippen MR) is 103 cm³/mol. The number of nitrogens with zero attached hydrogens (tertiary/aromatic N) is 3. The summed E-state index contributed by atoms with van der Waals surface area (Å²) in [5.74, 6) is 0.791. The van der Waals surface area contributed by atoms with E-state index in [9.17, 15) is 0 Å². The van der Waals surface area contributed by atoms with Crippen molar-refractivity contribution in [1.29, 1.82) is 0 Å². The van der Waals surface area contributed by atoms with E-state index in [-0.39, 0.29) is 24.0 Å². The second-order valence-corrected chi connectivity index (χ2v) is 5.95. The van der Waals surface area contributed by atoms with Gasteiger partial charge in [0.15, 0.2) is 5.96 Å². The van der Waals surface area contributed by atoms with E-state index >= 15 is 0 Å². The number of guanidine groups is 1. The fraction of sp³-hybridized carbons (Fsp3) is 0.400. The SMILES string of the molecule is CN=C(NCCc1sc(C)nc1C)NCc1ccccn1.I. The molecule has 0 bridgehead atoms. The first-order valence-corrected chi connectivity index (χ1v) is 7.78. The number of hydrogen-bond acceptors (Lipinski definition) is 4. The zero-order valence-corrected chi connectivity index (χ0v) is 16.2. The molecule has 2 aromatic rings. The van der Waals surface area contributed by atoms with Crippen molar-refractivity contribution in [3.8, 4) is 0 Å². The summed E-state index contributed by atoms with van der Waals surface area (Å²) >= 11 is 1.76. The van der Waals surface area contributed by atoms with E-state index in [1.165, 1.54) is 4.88 Å². The molecule has 2 rings (SSSR count). The fourth-order valence-electron chi connectivity index (χ4n) is 2.00. The van der Waals surface area contributed by atoms with Gasteiger partial charge in [0.2, 0.25) is 0 Å². The second-order valence-electron chi connectivity index (χ2n) is 4.67. The van der Waals surface area contributed by atoms with Crippen LogP contribution in [0.1, 0.15) is 21.3 Å². The Labute approximate surface area is 152 Å². The van der Waals surface area contributed by atoms with E-state index in [0.29, 0.717) is 6.54 Å². The van der Waals surface area contributed by atoms with Crippen molar-refractivity contribution in [1.82, 2.24) is 20.6 Å². The van der Waals surface area contributed by atoms with Gasteiger partial charge in [-0.1, -0.05) is 6.07 Å². The van der Waals surface area contributed by atoms with E-state index < -0.39 is 0 Å². The van der Waals surface area contributed by atoms with E-state index in [1.807, 2.05) is 25.1 Å². The second kappa shape index (κ2) is 9.73. The molecule has 0 aliphatic carbocycles. The summed E-state index contributed by atoms with van der Waals surface area (Å²) in [6.45, 7) is 5.61. The van der Waals surface area contributed by atoms with Gasteiger partial charge in [0.1, 0.15) is 0 Å². The Bertz CT molecular complexity index is 597. The summed E-state index contributed by atoms with van der Waals surface area (Å²) in [6.07, 6.45) is 2.75. The molecule has 120 valence electrons. The number of pyridine rings is 1. The maximum atomic E-state index is 4.44. The summed E-state index contributed by atoms with van der Waals surface area (Å²) in [5, 5.41) is 7.70. The molecule has 7 heteroatoms. The van der Waals surface area contributed by atoms with E-state index in [2.05, 4.69) is 32.5 Å². The molecule has 22 heavy (non-hydrogen) atoms. The molecule has 0 spiro atoms. The van der Waals surface area contributed by atoms with Gasteiger partial charge >= 0.3 is 0 Å². The number of aliphatic imine (C=N–C) groups is 1. The lowest BCUT2D eigenvalue weighted by molar-refractivity contribution is 0.785. The number of thiazole rings is 1. The third-order valence-electron chi connectivity index (χ3n) is 3.03. The zero-order valence-electron chi connectivity index (χ0n) is 13.1. The molecule has 0 unspecified atom stereocenters. The van der Waals surface area contributed by atoms with Gasteiger partial charge in [-0.15, -0.1) is 35.3 Å². The lowest BCUT2D eigenvalue weighted by Gasteiger charge is -2.11. The molecule has 0 saturated heterocycles. The molecule has 0 aliphatic heterocycles. The third kappa shape index (κ3) is 5.88. The normalized spacial score (nSPS) is 11.0. The Balaban J connectivity index is 0.00000242. The molecule has 0 fully saturated rings. The zero-order chi connectivity index (χ0) is 15.1. The standard InChI is InChI=1S/C15H21N5S.HI/c1-11-14(21-12(2)20-11)7-9-18-15(16-3)19-10-13-6-4-5-8-17-13;/h4-6,8H,7,9-10H2,1-3H3,(H2,16,18,19);1H. The summed E-state index contributed by atoms with van der Waals surface area (Å²) in [7, 11) is 1.77. The summed E-state index contributed by atoms with van der Waals surface area (Å²) in [4.78, 5) is 14.3. The van der Waals surface area contributed by atoms with Gasteiger partial charge < -0.3 is 10.6 Å². The van der Waals surface area contributed by atoms with E-state index in [0.717, 1.165) is 35.3 Å². The van der Waals surface area contributed by atoms with Gasteiger partial charge in [-0.3, -0.25) is 9.98 Å².